The minimum Gasteiger partial charge on any atom is -0.382 e. The van der Waals surface area contributed by atoms with Crippen molar-refractivity contribution in [3.05, 3.63) is 46.5 Å². The van der Waals surface area contributed by atoms with E-state index in [9.17, 15) is 10.1 Å². The van der Waals surface area contributed by atoms with Crippen LogP contribution in [-0.4, -0.2) is 21.8 Å². The smallest absolute Gasteiger partial charge is 0.382 e. The van der Waals surface area contributed by atoms with Crippen LogP contribution in [0.15, 0.2) is 36.4 Å². The average molecular weight is 283 g/mol. The molecule has 0 aromatic heterocycles. The van der Waals surface area contributed by atoms with Gasteiger partial charge in [0.2, 0.25) is 0 Å². The third-order valence-corrected chi connectivity index (χ3v) is 2.35. The minimum absolute atomic E-state index is 0.108. The van der Waals surface area contributed by atoms with Crippen LogP contribution >= 0.6 is 8.25 Å². The predicted molar refractivity (Wildman–Crippen MR) is 72.2 cm³/mol. The number of rotatable bonds is 2. The second kappa shape index (κ2) is 6.75. The van der Waals surface area contributed by atoms with E-state index in [2.05, 4.69) is 5.32 Å². The second-order valence-corrected chi connectivity index (χ2v) is 3.95. The Balaban J connectivity index is 0.000000399. The fourth-order valence-corrected chi connectivity index (χ4v) is 1.67. The van der Waals surface area contributed by atoms with Gasteiger partial charge in [0.25, 0.3) is 5.69 Å². The van der Waals surface area contributed by atoms with Gasteiger partial charge in [-0.1, -0.05) is 24.3 Å². The van der Waals surface area contributed by atoms with Crippen molar-refractivity contribution in [2.45, 2.75) is 0 Å². The standard InChI is InChI=1S/C11H10N2O2.HO3P/c1-12-11-9-5-3-2-4-8(9)6-7-10(11)13(14)15;1-4(2)3/h2-7,12H,1H3;(H-,1,2,3)/p+1. The fraction of sp³-hybridized carbons (Fsp3) is 0.0909. The molecule has 0 bridgehead atoms. The van der Waals surface area contributed by atoms with Gasteiger partial charge in [0.15, 0.2) is 0 Å². The molecule has 0 aliphatic heterocycles. The van der Waals surface area contributed by atoms with Crippen molar-refractivity contribution in [3.63, 3.8) is 0 Å². The Morgan fingerprint density at radius 2 is 1.79 bits per heavy atom. The van der Waals surface area contributed by atoms with Crippen molar-refractivity contribution in [2.75, 3.05) is 12.4 Å². The predicted octanol–water partition coefficient (Wildman–Crippen LogP) is 2.42. The van der Waals surface area contributed by atoms with Crippen LogP contribution in [0.2, 0.25) is 0 Å². The van der Waals surface area contributed by atoms with Crippen molar-refractivity contribution in [1.29, 1.82) is 0 Å². The Morgan fingerprint density at radius 1 is 1.21 bits per heavy atom. The summed E-state index contributed by atoms with van der Waals surface area (Å²) in [6.07, 6.45) is 0. The molecule has 0 amide bonds. The first-order valence-corrected chi connectivity index (χ1v) is 6.32. The highest BCUT2D eigenvalue weighted by Crippen LogP contribution is 2.32. The molecule has 0 aliphatic rings. The van der Waals surface area contributed by atoms with E-state index >= 15 is 0 Å². The zero-order chi connectivity index (χ0) is 14.4. The molecule has 2 aromatic carbocycles. The minimum atomic E-state index is -2.87. The molecule has 2 aromatic rings. The Bertz CT molecular complexity index is 613. The Morgan fingerprint density at radius 3 is 2.32 bits per heavy atom. The van der Waals surface area contributed by atoms with Gasteiger partial charge in [0.05, 0.1) is 4.92 Å². The lowest BCUT2D eigenvalue weighted by Crippen LogP contribution is -1.97. The van der Waals surface area contributed by atoms with Gasteiger partial charge in [-0.05, 0) is 11.5 Å². The van der Waals surface area contributed by atoms with Crippen LogP contribution in [0.4, 0.5) is 11.4 Å². The summed E-state index contributed by atoms with van der Waals surface area (Å²) in [4.78, 5) is 24.7. The first-order valence-electron chi connectivity index (χ1n) is 5.16. The molecule has 0 unspecified atom stereocenters. The van der Waals surface area contributed by atoms with Gasteiger partial charge in [-0.3, -0.25) is 10.1 Å². The van der Waals surface area contributed by atoms with E-state index in [-0.39, 0.29) is 10.6 Å². The number of hydrogen-bond donors (Lipinski definition) is 3. The first-order chi connectivity index (χ1) is 8.97. The molecule has 0 saturated carbocycles. The third kappa shape index (κ3) is 3.96. The lowest BCUT2D eigenvalue weighted by atomic mass is 10.1. The molecule has 8 heteroatoms. The van der Waals surface area contributed by atoms with Crippen LogP contribution in [0, 0.1) is 10.1 Å². The van der Waals surface area contributed by atoms with E-state index in [1.54, 1.807) is 13.1 Å². The molecule has 0 heterocycles. The summed E-state index contributed by atoms with van der Waals surface area (Å²) < 4.78 is 8.70. The molecule has 0 saturated heterocycles. The second-order valence-electron chi connectivity index (χ2n) is 3.44. The number of nitro groups is 1. The highest BCUT2D eigenvalue weighted by atomic mass is 31.1. The summed E-state index contributed by atoms with van der Waals surface area (Å²) in [5, 5.41) is 15.5. The molecule has 0 atom stereocenters. The molecule has 7 nitrogen and oxygen atoms in total. The van der Waals surface area contributed by atoms with Gasteiger partial charge < -0.3 is 5.32 Å². The third-order valence-electron chi connectivity index (χ3n) is 2.35. The van der Waals surface area contributed by atoms with Crippen molar-refractivity contribution in [3.8, 4) is 0 Å². The zero-order valence-corrected chi connectivity index (χ0v) is 10.9. The van der Waals surface area contributed by atoms with Gasteiger partial charge in [-0.2, -0.15) is 0 Å². The van der Waals surface area contributed by atoms with E-state index in [4.69, 9.17) is 14.4 Å². The molecular formula is C11H12N2O5P+. The number of nitrogens with zero attached hydrogens (tertiary/aromatic N) is 1. The van der Waals surface area contributed by atoms with Gasteiger partial charge in [0, 0.05) is 23.1 Å². The molecule has 0 fully saturated rings. The Kier molecular flexibility index (Phi) is 5.32. The summed E-state index contributed by atoms with van der Waals surface area (Å²) in [7, 11) is -1.18. The maximum Gasteiger partial charge on any atom is 0.692 e. The molecular weight excluding hydrogens is 271 g/mol. The Hall–Kier alpha value is -2.08. The van der Waals surface area contributed by atoms with Gasteiger partial charge in [-0.15, -0.1) is 9.79 Å². The van der Waals surface area contributed by atoms with Crippen LogP contribution in [0.3, 0.4) is 0 Å². The zero-order valence-electron chi connectivity index (χ0n) is 9.98. The number of nitrogens with one attached hydrogen (secondary N) is 1. The lowest BCUT2D eigenvalue weighted by molar-refractivity contribution is -0.383. The van der Waals surface area contributed by atoms with Gasteiger partial charge in [0.1, 0.15) is 5.69 Å². The van der Waals surface area contributed by atoms with Crippen LogP contribution in [0.25, 0.3) is 10.8 Å². The SMILES string of the molecule is CNc1c([N+](=O)[O-])ccc2ccccc12.O=[P+](O)O. The topological polar surface area (TPSA) is 113 Å². The highest BCUT2D eigenvalue weighted by molar-refractivity contribution is 7.30. The van der Waals surface area contributed by atoms with Crippen molar-refractivity contribution < 1.29 is 19.3 Å². The molecule has 0 spiro atoms. The maximum atomic E-state index is 10.8. The van der Waals surface area contributed by atoms with E-state index in [1.807, 2.05) is 24.3 Å². The summed E-state index contributed by atoms with van der Waals surface area (Å²) >= 11 is 0. The van der Waals surface area contributed by atoms with E-state index in [0.29, 0.717) is 5.69 Å². The molecule has 3 N–H and O–H groups in total. The van der Waals surface area contributed by atoms with Gasteiger partial charge >= 0.3 is 8.25 Å². The van der Waals surface area contributed by atoms with Crippen molar-refractivity contribution in [2.24, 2.45) is 0 Å². The lowest BCUT2D eigenvalue weighted by Gasteiger charge is -2.06. The number of hydrogen-bond acceptors (Lipinski definition) is 4. The van der Waals surface area contributed by atoms with Crippen LogP contribution in [0.1, 0.15) is 0 Å². The van der Waals surface area contributed by atoms with E-state index in [1.165, 1.54) is 6.07 Å². The van der Waals surface area contributed by atoms with Crippen molar-refractivity contribution >= 4 is 30.4 Å². The average Bonchev–Trinajstić information content (AvgIpc) is 2.36. The molecule has 0 radical (unpaired) electrons. The number of nitro benzene ring substituents is 1. The Labute approximate surface area is 109 Å². The molecule has 100 valence electrons. The number of benzene rings is 2. The first kappa shape index (κ1) is 15.0. The normalized spacial score (nSPS) is 9.42. The van der Waals surface area contributed by atoms with E-state index < -0.39 is 8.25 Å². The largest absolute Gasteiger partial charge is 0.692 e. The molecule has 0 aliphatic carbocycles. The highest BCUT2D eigenvalue weighted by Gasteiger charge is 2.14. The van der Waals surface area contributed by atoms with Crippen LogP contribution in [0.5, 0.6) is 0 Å². The van der Waals surface area contributed by atoms with Gasteiger partial charge in [-0.25, -0.2) is 0 Å². The maximum absolute atomic E-state index is 10.8. The van der Waals surface area contributed by atoms with Crippen LogP contribution < -0.4 is 5.32 Å². The number of anilines is 1. The summed E-state index contributed by atoms with van der Waals surface area (Å²) in [5.41, 5.74) is 0.675. The van der Waals surface area contributed by atoms with Crippen molar-refractivity contribution in [1.82, 2.24) is 0 Å². The fourth-order valence-electron chi connectivity index (χ4n) is 1.67. The summed E-state index contributed by atoms with van der Waals surface area (Å²) in [5.74, 6) is 0. The molecule has 19 heavy (non-hydrogen) atoms. The van der Waals surface area contributed by atoms with Crippen LogP contribution in [-0.2, 0) is 4.57 Å². The molecule has 2 rings (SSSR count). The monoisotopic (exact) mass is 283 g/mol. The summed E-state index contributed by atoms with van der Waals surface area (Å²) in [6.45, 7) is 0. The van der Waals surface area contributed by atoms with E-state index in [0.717, 1.165) is 10.8 Å². The summed E-state index contributed by atoms with van der Waals surface area (Å²) in [6, 6.07) is 10.9. The number of fused-ring (bicyclic) bond motifs is 1. The quantitative estimate of drug-likeness (QED) is 0.443.